The Morgan fingerprint density at radius 3 is 2.33 bits per heavy atom. The van der Waals surface area contributed by atoms with Crippen molar-refractivity contribution in [1.29, 1.82) is 0 Å². The minimum Gasteiger partial charge on any atom is -0.449 e. The van der Waals surface area contributed by atoms with E-state index in [1.807, 2.05) is 38.1 Å². The molecule has 2 rings (SSSR count). The van der Waals surface area contributed by atoms with Crippen molar-refractivity contribution in [2.75, 3.05) is 37.7 Å². The fourth-order valence-electron chi connectivity index (χ4n) is 2.24. The predicted octanol–water partition coefficient (Wildman–Crippen LogP) is 2.41. The summed E-state index contributed by atoms with van der Waals surface area (Å²) in [6.07, 6.45) is 0.617. The van der Waals surface area contributed by atoms with Crippen LogP contribution in [-0.2, 0) is 4.74 Å². The molecule has 0 aliphatic carbocycles. The number of carbonyl (C=O) groups is 2. The van der Waals surface area contributed by atoms with Crippen LogP contribution in [0.5, 0.6) is 0 Å². The molecule has 1 fully saturated rings. The summed E-state index contributed by atoms with van der Waals surface area (Å²) in [5.74, 6) is 0.353. The standard InChI is InChI=1S/C16H22N2O3/c1-13(2)12-21-16(20)18-9-7-17(8-10-18)15-5-3-14(11-19)4-6-15/h3-6,11,13H,7-10,12H2,1-2H3. The van der Waals surface area contributed by atoms with Gasteiger partial charge >= 0.3 is 6.09 Å². The highest BCUT2D eigenvalue weighted by Gasteiger charge is 2.22. The van der Waals surface area contributed by atoms with Crippen LogP contribution in [0.4, 0.5) is 10.5 Å². The van der Waals surface area contributed by atoms with Crippen LogP contribution in [0.25, 0.3) is 0 Å². The number of carbonyl (C=O) groups excluding carboxylic acids is 2. The van der Waals surface area contributed by atoms with Crippen LogP contribution in [0.1, 0.15) is 24.2 Å². The molecule has 0 radical (unpaired) electrons. The summed E-state index contributed by atoms with van der Waals surface area (Å²) < 4.78 is 5.24. The lowest BCUT2D eigenvalue weighted by Crippen LogP contribution is -2.49. The number of amides is 1. The molecule has 1 amide bonds. The Balaban J connectivity index is 1.84. The quantitative estimate of drug-likeness (QED) is 0.799. The second kappa shape index (κ2) is 7.11. The van der Waals surface area contributed by atoms with Gasteiger partial charge < -0.3 is 14.5 Å². The SMILES string of the molecule is CC(C)COC(=O)N1CCN(c2ccc(C=O)cc2)CC1. The third-order valence-electron chi connectivity index (χ3n) is 3.47. The lowest BCUT2D eigenvalue weighted by Gasteiger charge is -2.35. The van der Waals surface area contributed by atoms with Crippen molar-refractivity contribution < 1.29 is 14.3 Å². The van der Waals surface area contributed by atoms with Gasteiger partial charge in [0.1, 0.15) is 6.29 Å². The van der Waals surface area contributed by atoms with Crippen LogP contribution in [0.2, 0.25) is 0 Å². The molecule has 5 heteroatoms. The summed E-state index contributed by atoms with van der Waals surface area (Å²) in [5, 5.41) is 0. The summed E-state index contributed by atoms with van der Waals surface area (Å²) in [6.45, 7) is 7.38. The molecule has 0 N–H and O–H groups in total. The van der Waals surface area contributed by atoms with Crippen LogP contribution >= 0.6 is 0 Å². The Bertz CT molecular complexity index is 477. The first kappa shape index (κ1) is 15.4. The number of benzene rings is 1. The van der Waals surface area contributed by atoms with Crippen molar-refractivity contribution in [3.63, 3.8) is 0 Å². The van der Waals surface area contributed by atoms with Gasteiger partial charge in [0, 0.05) is 37.4 Å². The van der Waals surface area contributed by atoms with Crippen LogP contribution in [0.3, 0.4) is 0 Å². The monoisotopic (exact) mass is 290 g/mol. The first-order valence-electron chi connectivity index (χ1n) is 7.32. The average molecular weight is 290 g/mol. The first-order chi connectivity index (χ1) is 10.1. The molecule has 0 unspecified atom stereocenters. The zero-order valence-electron chi connectivity index (χ0n) is 12.6. The normalized spacial score (nSPS) is 15.2. The third kappa shape index (κ3) is 4.21. The highest BCUT2D eigenvalue weighted by molar-refractivity contribution is 5.75. The number of nitrogens with zero attached hydrogens (tertiary/aromatic N) is 2. The summed E-state index contributed by atoms with van der Waals surface area (Å²) >= 11 is 0. The third-order valence-corrected chi connectivity index (χ3v) is 3.47. The maximum atomic E-state index is 11.9. The van der Waals surface area contributed by atoms with E-state index in [0.717, 1.165) is 25.1 Å². The molecule has 0 aromatic heterocycles. The van der Waals surface area contributed by atoms with E-state index in [2.05, 4.69) is 4.90 Å². The van der Waals surface area contributed by atoms with Gasteiger partial charge in [0.25, 0.3) is 0 Å². The molecule has 1 saturated heterocycles. The molecule has 1 aromatic carbocycles. The summed E-state index contributed by atoms with van der Waals surface area (Å²) in [6, 6.07) is 7.50. The molecule has 21 heavy (non-hydrogen) atoms. The molecular formula is C16H22N2O3. The maximum Gasteiger partial charge on any atom is 0.409 e. The molecule has 114 valence electrons. The van der Waals surface area contributed by atoms with Gasteiger partial charge in [-0.25, -0.2) is 4.79 Å². The molecule has 1 heterocycles. The zero-order valence-corrected chi connectivity index (χ0v) is 12.6. The highest BCUT2D eigenvalue weighted by atomic mass is 16.6. The van der Waals surface area contributed by atoms with Crippen molar-refractivity contribution in [3.05, 3.63) is 29.8 Å². The van der Waals surface area contributed by atoms with Crippen LogP contribution < -0.4 is 4.90 Å². The van der Waals surface area contributed by atoms with Gasteiger partial charge in [-0.05, 0) is 30.2 Å². The van der Waals surface area contributed by atoms with Crippen molar-refractivity contribution in [1.82, 2.24) is 4.90 Å². The zero-order chi connectivity index (χ0) is 15.2. The number of rotatable bonds is 4. The fraction of sp³-hybridized carbons (Fsp3) is 0.500. The smallest absolute Gasteiger partial charge is 0.409 e. The van der Waals surface area contributed by atoms with Crippen molar-refractivity contribution in [3.8, 4) is 0 Å². The van der Waals surface area contributed by atoms with Crippen molar-refractivity contribution in [2.45, 2.75) is 13.8 Å². The fourth-order valence-corrected chi connectivity index (χ4v) is 2.24. The van der Waals surface area contributed by atoms with Crippen LogP contribution in [0, 0.1) is 5.92 Å². The minimum absolute atomic E-state index is 0.223. The number of aldehydes is 1. The van der Waals surface area contributed by atoms with E-state index in [1.54, 1.807) is 4.90 Å². The second-order valence-corrected chi connectivity index (χ2v) is 5.65. The van der Waals surface area contributed by atoms with E-state index in [1.165, 1.54) is 0 Å². The van der Waals surface area contributed by atoms with Gasteiger partial charge in [0.15, 0.2) is 0 Å². The molecule has 1 aromatic rings. The van der Waals surface area contributed by atoms with Crippen LogP contribution in [0.15, 0.2) is 24.3 Å². The van der Waals surface area contributed by atoms with Gasteiger partial charge in [-0.15, -0.1) is 0 Å². The minimum atomic E-state index is -0.223. The molecular weight excluding hydrogens is 268 g/mol. The number of anilines is 1. The van der Waals surface area contributed by atoms with E-state index in [4.69, 9.17) is 4.74 Å². The molecule has 0 saturated carbocycles. The number of piperazine rings is 1. The van der Waals surface area contributed by atoms with Gasteiger partial charge in [-0.3, -0.25) is 4.79 Å². The largest absolute Gasteiger partial charge is 0.449 e. The van der Waals surface area contributed by atoms with Crippen molar-refractivity contribution in [2.24, 2.45) is 5.92 Å². The molecule has 5 nitrogen and oxygen atoms in total. The van der Waals surface area contributed by atoms with E-state index in [9.17, 15) is 9.59 Å². The Kier molecular flexibility index (Phi) is 5.20. The predicted molar refractivity (Wildman–Crippen MR) is 81.8 cm³/mol. The molecule has 1 aliphatic heterocycles. The van der Waals surface area contributed by atoms with E-state index >= 15 is 0 Å². The van der Waals surface area contributed by atoms with Gasteiger partial charge in [0.2, 0.25) is 0 Å². The first-order valence-corrected chi connectivity index (χ1v) is 7.32. The Morgan fingerprint density at radius 1 is 1.19 bits per heavy atom. The lowest BCUT2D eigenvalue weighted by atomic mass is 10.2. The number of ether oxygens (including phenoxy) is 1. The second-order valence-electron chi connectivity index (χ2n) is 5.65. The van der Waals surface area contributed by atoms with Crippen LogP contribution in [-0.4, -0.2) is 50.1 Å². The lowest BCUT2D eigenvalue weighted by molar-refractivity contribution is 0.0901. The Hall–Kier alpha value is -2.04. The Morgan fingerprint density at radius 2 is 1.81 bits per heavy atom. The number of hydrogen-bond acceptors (Lipinski definition) is 4. The molecule has 0 atom stereocenters. The van der Waals surface area contributed by atoms with Crippen molar-refractivity contribution >= 4 is 18.1 Å². The Labute approximate surface area is 125 Å². The van der Waals surface area contributed by atoms with Gasteiger partial charge in [0.05, 0.1) is 6.61 Å². The summed E-state index contributed by atoms with van der Waals surface area (Å²) in [5.41, 5.74) is 1.76. The maximum absolute atomic E-state index is 11.9. The summed E-state index contributed by atoms with van der Waals surface area (Å²) in [7, 11) is 0. The average Bonchev–Trinajstić information content (AvgIpc) is 2.53. The molecule has 0 spiro atoms. The van der Waals surface area contributed by atoms with Gasteiger partial charge in [-0.1, -0.05) is 13.8 Å². The molecule has 0 bridgehead atoms. The molecule has 1 aliphatic rings. The summed E-state index contributed by atoms with van der Waals surface area (Å²) in [4.78, 5) is 26.5. The highest BCUT2D eigenvalue weighted by Crippen LogP contribution is 2.17. The van der Waals surface area contributed by atoms with E-state index < -0.39 is 0 Å². The number of hydrogen-bond donors (Lipinski definition) is 0. The van der Waals surface area contributed by atoms with E-state index in [-0.39, 0.29) is 6.09 Å². The van der Waals surface area contributed by atoms with E-state index in [0.29, 0.717) is 31.2 Å². The topological polar surface area (TPSA) is 49.9 Å². The van der Waals surface area contributed by atoms with Gasteiger partial charge in [-0.2, -0.15) is 0 Å².